The summed E-state index contributed by atoms with van der Waals surface area (Å²) >= 11 is 0. The van der Waals surface area contributed by atoms with E-state index in [0.717, 1.165) is 16.8 Å². The first-order chi connectivity index (χ1) is 14.5. The molecule has 3 rings (SSSR count). The van der Waals surface area contributed by atoms with Crippen LogP contribution in [0.3, 0.4) is 0 Å². The highest BCUT2D eigenvalue weighted by atomic mass is 19.1. The Morgan fingerprint density at radius 1 is 1.27 bits per heavy atom. The van der Waals surface area contributed by atoms with Crippen LogP contribution in [-0.4, -0.2) is 28.0 Å². The van der Waals surface area contributed by atoms with Crippen LogP contribution in [0.15, 0.2) is 61.5 Å². The Kier molecular flexibility index (Phi) is 7.77. The Morgan fingerprint density at radius 2 is 2.07 bits per heavy atom. The van der Waals surface area contributed by atoms with Crippen molar-refractivity contribution in [3.8, 4) is 0 Å². The molecule has 1 aromatic carbocycles. The molecule has 4 nitrogen and oxygen atoms in total. The van der Waals surface area contributed by atoms with Crippen LogP contribution in [0.2, 0.25) is 0 Å². The van der Waals surface area contributed by atoms with E-state index in [1.807, 2.05) is 48.5 Å². The standard InChI is InChI=1S/C25H31FN4/c1-4-8-21(14-16-30(3)18-20-12-11-19(2)23(26)17-20)24-13-15-27-25(29-24)28-22-9-6-5-7-10-22/h4,8,11-17,22H,1,5-7,9-10,18H2,2-3H3,(H,27,28,29)/b16-14-,21-8+. The highest BCUT2D eigenvalue weighted by Gasteiger charge is 2.14. The summed E-state index contributed by atoms with van der Waals surface area (Å²) in [5.74, 6) is 0.502. The van der Waals surface area contributed by atoms with Crippen molar-refractivity contribution in [1.82, 2.24) is 14.9 Å². The smallest absolute Gasteiger partial charge is 0.223 e. The maximum atomic E-state index is 13.8. The number of hydrogen-bond acceptors (Lipinski definition) is 4. The van der Waals surface area contributed by atoms with Gasteiger partial charge in [-0.1, -0.05) is 50.1 Å². The van der Waals surface area contributed by atoms with Crippen molar-refractivity contribution in [1.29, 1.82) is 0 Å². The molecular formula is C25H31FN4. The molecule has 0 radical (unpaired) electrons. The number of nitrogens with zero attached hydrogens (tertiary/aromatic N) is 3. The van der Waals surface area contributed by atoms with E-state index in [1.165, 1.54) is 32.1 Å². The fourth-order valence-corrected chi connectivity index (χ4v) is 3.65. The highest BCUT2D eigenvalue weighted by Crippen LogP contribution is 2.21. The fraction of sp³-hybridized carbons (Fsp3) is 0.360. The second-order valence-corrected chi connectivity index (χ2v) is 7.92. The van der Waals surface area contributed by atoms with Crippen molar-refractivity contribution in [2.75, 3.05) is 12.4 Å². The minimum absolute atomic E-state index is 0.170. The molecule has 2 aromatic rings. The first kappa shape index (κ1) is 21.8. The lowest BCUT2D eigenvalue weighted by molar-refractivity contribution is 0.449. The first-order valence-electron chi connectivity index (χ1n) is 10.6. The summed E-state index contributed by atoms with van der Waals surface area (Å²) in [7, 11) is 1.97. The summed E-state index contributed by atoms with van der Waals surface area (Å²) in [6.07, 6.45) is 15.6. The van der Waals surface area contributed by atoms with Gasteiger partial charge in [0.05, 0.1) is 5.69 Å². The Balaban J connectivity index is 1.68. The number of benzene rings is 1. The van der Waals surface area contributed by atoms with Gasteiger partial charge >= 0.3 is 0 Å². The monoisotopic (exact) mass is 406 g/mol. The predicted octanol–water partition coefficient (Wildman–Crippen LogP) is 5.88. The average molecular weight is 407 g/mol. The topological polar surface area (TPSA) is 41.1 Å². The molecular weight excluding hydrogens is 375 g/mol. The van der Waals surface area contributed by atoms with Crippen molar-refractivity contribution in [3.63, 3.8) is 0 Å². The van der Waals surface area contributed by atoms with Gasteiger partial charge in [-0.2, -0.15) is 0 Å². The summed E-state index contributed by atoms with van der Waals surface area (Å²) in [6.45, 7) is 6.22. The van der Waals surface area contributed by atoms with E-state index in [9.17, 15) is 4.39 Å². The van der Waals surface area contributed by atoms with Crippen molar-refractivity contribution in [2.24, 2.45) is 0 Å². The summed E-state index contributed by atoms with van der Waals surface area (Å²) in [4.78, 5) is 11.1. The summed E-state index contributed by atoms with van der Waals surface area (Å²) in [5, 5.41) is 3.48. The van der Waals surface area contributed by atoms with Crippen LogP contribution < -0.4 is 5.32 Å². The number of nitrogens with one attached hydrogen (secondary N) is 1. The summed E-state index contributed by atoms with van der Waals surface area (Å²) < 4.78 is 13.8. The lowest BCUT2D eigenvalue weighted by Gasteiger charge is -2.22. The molecule has 158 valence electrons. The van der Waals surface area contributed by atoms with E-state index >= 15 is 0 Å². The molecule has 1 heterocycles. The molecule has 0 atom stereocenters. The normalized spacial score (nSPS) is 15.4. The molecule has 5 heteroatoms. The van der Waals surface area contributed by atoms with E-state index < -0.39 is 0 Å². The summed E-state index contributed by atoms with van der Waals surface area (Å²) in [6, 6.07) is 7.72. The van der Waals surface area contributed by atoms with Crippen LogP contribution in [0.1, 0.15) is 48.9 Å². The zero-order valence-corrected chi connectivity index (χ0v) is 17.9. The Morgan fingerprint density at radius 3 is 2.80 bits per heavy atom. The Labute approximate surface area is 179 Å². The van der Waals surface area contributed by atoms with Crippen LogP contribution in [0.25, 0.3) is 5.57 Å². The average Bonchev–Trinajstić information content (AvgIpc) is 2.75. The molecule has 1 saturated carbocycles. The third kappa shape index (κ3) is 6.28. The molecule has 1 N–H and O–H groups in total. The Hall–Kier alpha value is -2.95. The van der Waals surface area contributed by atoms with Crippen LogP contribution in [-0.2, 0) is 6.54 Å². The molecule has 0 aliphatic heterocycles. The van der Waals surface area contributed by atoms with E-state index in [1.54, 1.807) is 25.3 Å². The van der Waals surface area contributed by atoms with E-state index in [4.69, 9.17) is 4.98 Å². The molecule has 0 unspecified atom stereocenters. The van der Waals surface area contributed by atoms with Gasteiger partial charge in [-0.15, -0.1) is 0 Å². The van der Waals surface area contributed by atoms with Gasteiger partial charge < -0.3 is 10.2 Å². The molecule has 0 amide bonds. The SMILES string of the molecule is C=C/C=C(\C=C/N(C)Cc1ccc(C)c(F)c1)c1ccnc(NC2CCCCC2)n1. The van der Waals surface area contributed by atoms with Crippen molar-refractivity contribution < 1.29 is 4.39 Å². The van der Waals surface area contributed by atoms with Gasteiger partial charge in [0.25, 0.3) is 0 Å². The minimum atomic E-state index is -0.170. The van der Waals surface area contributed by atoms with E-state index in [2.05, 4.69) is 16.9 Å². The van der Waals surface area contributed by atoms with Crippen LogP contribution in [0.5, 0.6) is 0 Å². The number of aromatic nitrogens is 2. The highest BCUT2D eigenvalue weighted by molar-refractivity contribution is 5.73. The van der Waals surface area contributed by atoms with Gasteiger partial charge in [0.1, 0.15) is 5.82 Å². The molecule has 1 aliphatic carbocycles. The largest absolute Gasteiger partial charge is 0.376 e. The third-order valence-corrected chi connectivity index (χ3v) is 5.36. The van der Waals surface area contributed by atoms with Gasteiger partial charge in [-0.25, -0.2) is 14.4 Å². The van der Waals surface area contributed by atoms with Crippen molar-refractivity contribution in [2.45, 2.75) is 51.6 Å². The van der Waals surface area contributed by atoms with Gasteiger partial charge in [-0.3, -0.25) is 0 Å². The molecule has 30 heavy (non-hydrogen) atoms. The number of halogens is 1. The molecule has 1 aliphatic rings. The van der Waals surface area contributed by atoms with Gasteiger partial charge in [0, 0.05) is 31.4 Å². The summed E-state index contributed by atoms with van der Waals surface area (Å²) in [5.41, 5.74) is 3.38. The fourth-order valence-electron chi connectivity index (χ4n) is 3.65. The quantitative estimate of drug-likeness (QED) is 0.556. The van der Waals surface area contributed by atoms with E-state index in [0.29, 0.717) is 24.1 Å². The molecule has 1 aromatic heterocycles. The minimum Gasteiger partial charge on any atom is -0.376 e. The maximum Gasteiger partial charge on any atom is 0.223 e. The lowest BCUT2D eigenvalue weighted by atomic mass is 9.96. The van der Waals surface area contributed by atoms with Crippen LogP contribution in [0, 0.1) is 12.7 Å². The number of anilines is 1. The van der Waals surface area contributed by atoms with Crippen LogP contribution >= 0.6 is 0 Å². The van der Waals surface area contributed by atoms with Crippen molar-refractivity contribution in [3.05, 3.63) is 84.1 Å². The maximum absolute atomic E-state index is 13.8. The Bertz CT molecular complexity index is 913. The molecule has 0 bridgehead atoms. The second kappa shape index (κ2) is 10.7. The number of hydrogen-bond donors (Lipinski definition) is 1. The molecule has 1 fully saturated rings. The van der Waals surface area contributed by atoms with Gasteiger partial charge in [0.15, 0.2) is 0 Å². The number of allylic oxidation sites excluding steroid dienone is 4. The van der Waals surface area contributed by atoms with Gasteiger partial charge in [0.2, 0.25) is 5.95 Å². The second-order valence-electron chi connectivity index (χ2n) is 7.92. The number of aryl methyl sites for hydroxylation is 1. The van der Waals surface area contributed by atoms with Crippen molar-refractivity contribution >= 4 is 11.5 Å². The zero-order chi connectivity index (χ0) is 21.3. The third-order valence-electron chi connectivity index (χ3n) is 5.36. The lowest BCUT2D eigenvalue weighted by Crippen LogP contribution is -2.23. The van der Waals surface area contributed by atoms with E-state index in [-0.39, 0.29) is 5.82 Å². The zero-order valence-electron chi connectivity index (χ0n) is 17.9. The molecule has 0 spiro atoms. The first-order valence-corrected chi connectivity index (χ1v) is 10.6. The van der Waals surface area contributed by atoms with Crippen LogP contribution in [0.4, 0.5) is 10.3 Å². The molecule has 0 saturated heterocycles. The predicted molar refractivity (Wildman–Crippen MR) is 122 cm³/mol. The van der Waals surface area contributed by atoms with Gasteiger partial charge in [-0.05, 0) is 55.3 Å². The number of rotatable bonds is 8.